The van der Waals surface area contributed by atoms with Gasteiger partial charge in [-0.05, 0) is 11.6 Å². The molecule has 0 saturated heterocycles. The third-order valence-corrected chi connectivity index (χ3v) is 3.87. The molecule has 1 atom stereocenters. The number of hydrogen-bond acceptors (Lipinski definition) is 4. The Morgan fingerprint density at radius 1 is 1.27 bits per heavy atom. The third-order valence-electron chi connectivity index (χ3n) is 3.87. The van der Waals surface area contributed by atoms with Crippen LogP contribution in [0.4, 0.5) is 0 Å². The molecule has 0 saturated carbocycles. The number of carbonyl (C=O) groups is 1. The summed E-state index contributed by atoms with van der Waals surface area (Å²) in [4.78, 5) is 12.7. The lowest BCUT2D eigenvalue weighted by Crippen LogP contribution is -2.37. The molecule has 0 amide bonds. The first-order chi connectivity index (χ1) is 10.6. The number of aliphatic hydroxyl groups is 1. The summed E-state index contributed by atoms with van der Waals surface area (Å²) in [6, 6.07) is 11.7. The maximum absolute atomic E-state index is 10.8. The number of aliphatic hydroxyl groups excluding tert-OH is 1. The van der Waals surface area contributed by atoms with Gasteiger partial charge in [-0.1, -0.05) is 30.3 Å². The predicted molar refractivity (Wildman–Crippen MR) is 80.2 cm³/mol. The standard InChI is InChI=1S/C16H19N3O3/c20-15(8-12-4-2-1-3-5-12)14-9-13-10-18(11-16(21)22)6-7-19(13)17-14/h1-5,9,15,20H,6-8,10-11H2,(H,21,22)/t15-/m0/s1. The highest BCUT2D eigenvalue weighted by Crippen LogP contribution is 2.21. The minimum atomic E-state index is -0.822. The van der Waals surface area contributed by atoms with E-state index in [9.17, 15) is 9.90 Å². The number of carboxylic acids is 1. The van der Waals surface area contributed by atoms with Crippen LogP contribution in [0, 0.1) is 0 Å². The molecule has 116 valence electrons. The zero-order chi connectivity index (χ0) is 15.5. The molecule has 3 rings (SSSR count). The average Bonchev–Trinajstić information content (AvgIpc) is 2.91. The molecule has 0 spiro atoms. The van der Waals surface area contributed by atoms with Gasteiger partial charge in [0.15, 0.2) is 0 Å². The lowest BCUT2D eigenvalue weighted by molar-refractivity contribution is -0.138. The van der Waals surface area contributed by atoms with Crippen LogP contribution in [0.2, 0.25) is 0 Å². The molecule has 0 radical (unpaired) electrons. The lowest BCUT2D eigenvalue weighted by Gasteiger charge is -2.25. The summed E-state index contributed by atoms with van der Waals surface area (Å²) in [7, 11) is 0. The first-order valence-electron chi connectivity index (χ1n) is 7.34. The lowest BCUT2D eigenvalue weighted by atomic mass is 10.1. The van der Waals surface area contributed by atoms with Gasteiger partial charge < -0.3 is 10.2 Å². The van der Waals surface area contributed by atoms with Gasteiger partial charge in [-0.15, -0.1) is 0 Å². The van der Waals surface area contributed by atoms with E-state index in [1.165, 1.54) is 0 Å². The Kier molecular flexibility index (Phi) is 4.22. The SMILES string of the molecule is O=C(O)CN1CCn2nc([C@@H](O)Cc3ccccc3)cc2C1. The maximum atomic E-state index is 10.8. The largest absolute Gasteiger partial charge is 0.480 e. The van der Waals surface area contributed by atoms with E-state index in [1.807, 2.05) is 46.0 Å². The van der Waals surface area contributed by atoms with Crippen LogP contribution in [0.5, 0.6) is 0 Å². The molecule has 0 unspecified atom stereocenters. The van der Waals surface area contributed by atoms with Crippen LogP contribution in [0.15, 0.2) is 36.4 Å². The second-order valence-corrected chi connectivity index (χ2v) is 5.59. The Bertz CT molecular complexity index is 654. The molecule has 0 aliphatic carbocycles. The Morgan fingerprint density at radius 2 is 2.05 bits per heavy atom. The van der Waals surface area contributed by atoms with Crippen molar-refractivity contribution in [2.75, 3.05) is 13.1 Å². The van der Waals surface area contributed by atoms with Crippen molar-refractivity contribution >= 4 is 5.97 Å². The monoisotopic (exact) mass is 301 g/mol. The molecule has 6 heteroatoms. The van der Waals surface area contributed by atoms with Crippen LogP contribution < -0.4 is 0 Å². The normalized spacial score (nSPS) is 16.2. The van der Waals surface area contributed by atoms with E-state index in [0.29, 0.717) is 31.7 Å². The van der Waals surface area contributed by atoms with Crippen molar-refractivity contribution in [2.24, 2.45) is 0 Å². The second kappa shape index (κ2) is 6.29. The van der Waals surface area contributed by atoms with Crippen molar-refractivity contribution in [3.63, 3.8) is 0 Å². The molecule has 2 heterocycles. The van der Waals surface area contributed by atoms with Crippen LogP contribution >= 0.6 is 0 Å². The zero-order valence-corrected chi connectivity index (χ0v) is 12.2. The minimum absolute atomic E-state index is 0.0348. The first kappa shape index (κ1) is 14.7. The highest BCUT2D eigenvalue weighted by Gasteiger charge is 2.22. The summed E-state index contributed by atoms with van der Waals surface area (Å²) in [6.45, 7) is 1.90. The van der Waals surface area contributed by atoms with Crippen LogP contribution in [0.25, 0.3) is 0 Å². The third kappa shape index (κ3) is 3.35. The molecule has 0 fully saturated rings. The van der Waals surface area contributed by atoms with Crippen molar-refractivity contribution in [3.05, 3.63) is 53.3 Å². The van der Waals surface area contributed by atoms with Crippen LogP contribution in [-0.2, 0) is 24.3 Å². The average molecular weight is 301 g/mol. The number of hydrogen-bond donors (Lipinski definition) is 2. The van der Waals surface area contributed by atoms with E-state index in [4.69, 9.17) is 5.11 Å². The molecular weight excluding hydrogens is 282 g/mol. The molecule has 6 nitrogen and oxygen atoms in total. The van der Waals surface area contributed by atoms with Crippen LogP contribution in [0.3, 0.4) is 0 Å². The van der Waals surface area contributed by atoms with Gasteiger partial charge in [0.25, 0.3) is 0 Å². The van der Waals surface area contributed by atoms with Gasteiger partial charge >= 0.3 is 5.97 Å². The van der Waals surface area contributed by atoms with Crippen LogP contribution in [-0.4, -0.2) is 44.0 Å². The molecule has 2 N–H and O–H groups in total. The molecular formula is C16H19N3O3. The van der Waals surface area contributed by atoms with Gasteiger partial charge in [0.1, 0.15) is 6.10 Å². The summed E-state index contributed by atoms with van der Waals surface area (Å²) >= 11 is 0. The van der Waals surface area contributed by atoms with Crippen molar-refractivity contribution in [3.8, 4) is 0 Å². The fourth-order valence-electron chi connectivity index (χ4n) is 2.77. The highest BCUT2D eigenvalue weighted by molar-refractivity contribution is 5.69. The van der Waals surface area contributed by atoms with Gasteiger partial charge in [0, 0.05) is 19.5 Å². The predicted octanol–water partition coefficient (Wildman–Crippen LogP) is 1.06. The summed E-state index contributed by atoms with van der Waals surface area (Å²) < 4.78 is 1.86. The van der Waals surface area contributed by atoms with Gasteiger partial charge in [-0.2, -0.15) is 5.10 Å². The van der Waals surface area contributed by atoms with Crippen molar-refractivity contribution in [2.45, 2.75) is 25.6 Å². The second-order valence-electron chi connectivity index (χ2n) is 5.59. The topological polar surface area (TPSA) is 78.6 Å². The van der Waals surface area contributed by atoms with Gasteiger partial charge in [0.05, 0.1) is 24.5 Å². The van der Waals surface area contributed by atoms with E-state index >= 15 is 0 Å². The van der Waals surface area contributed by atoms with E-state index in [-0.39, 0.29) is 6.54 Å². The Labute approximate surface area is 128 Å². The van der Waals surface area contributed by atoms with Crippen molar-refractivity contribution in [1.82, 2.24) is 14.7 Å². The number of fused-ring (bicyclic) bond motifs is 1. The summed E-state index contributed by atoms with van der Waals surface area (Å²) in [6.07, 6.45) is -0.121. The number of nitrogens with zero attached hydrogens (tertiary/aromatic N) is 3. The molecule has 1 aromatic carbocycles. The quantitative estimate of drug-likeness (QED) is 0.863. The number of carboxylic acid groups (broad SMARTS) is 1. The Morgan fingerprint density at radius 3 is 2.77 bits per heavy atom. The summed E-state index contributed by atoms with van der Waals surface area (Å²) in [5.74, 6) is -0.822. The van der Waals surface area contributed by atoms with Gasteiger partial charge in [-0.25, -0.2) is 0 Å². The molecule has 1 aliphatic heterocycles. The molecule has 2 aromatic rings. The number of benzene rings is 1. The van der Waals surface area contributed by atoms with Gasteiger partial charge in [0.2, 0.25) is 0 Å². The summed E-state index contributed by atoms with van der Waals surface area (Å²) in [5.41, 5.74) is 2.67. The van der Waals surface area contributed by atoms with Gasteiger partial charge in [-0.3, -0.25) is 14.4 Å². The fraction of sp³-hybridized carbons (Fsp3) is 0.375. The van der Waals surface area contributed by atoms with E-state index in [1.54, 1.807) is 0 Å². The van der Waals surface area contributed by atoms with Crippen molar-refractivity contribution in [1.29, 1.82) is 0 Å². The fourth-order valence-corrected chi connectivity index (χ4v) is 2.77. The van der Waals surface area contributed by atoms with E-state index < -0.39 is 12.1 Å². The van der Waals surface area contributed by atoms with Crippen molar-refractivity contribution < 1.29 is 15.0 Å². The number of rotatable bonds is 5. The molecule has 1 aromatic heterocycles. The van der Waals surface area contributed by atoms with E-state index in [2.05, 4.69) is 5.10 Å². The van der Waals surface area contributed by atoms with Crippen LogP contribution in [0.1, 0.15) is 23.1 Å². The molecule has 22 heavy (non-hydrogen) atoms. The highest BCUT2D eigenvalue weighted by atomic mass is 16.4. The maximum Gasteiger partial charge on any atom is 0.317 e. The first-order valence-corrected chi connectivity index (χ1v) is 7.34. The molecule has 1 aliphatic rings. The summed E-state index contributed by atoms with van der Waals surface area (Å²) in [5, 5.41) is 23.7. The number of aliphatic carboxylic acids is 1. The Hall–Kier alpha value is -2.18. The zero-order valence-electron chi connectivity index (χ0n) is 12.2. The number of aromatic nitrogens is 2. The minimum Gasteiger partial charge on any atom is -0.480 e. The molecule has 0 bridgehead atoms. The van der Waals surface area contributed by atoms with E-state index in [0.717, 1.165) is 11.3 Å². The Balaban J connectivity index is 1.69. The smallest absolute Gasteiger partial charge is 0.317 e.